The fourth-order valence-corrected chi connectivity index (χ4v) is 3.64. The minimum Gasteiger partial charge on any atom is -0.485 e. The van der Waals surface area contributed by atoms with Gasteiger partial charge in [-0.1, -0.05) is 29.8 Å². The number of halogens is 3. The Morgan fingerprint density at radius 1 is 1.15 bits per heavy atom. The van der Waals surface area contributed by atoms with Crippen LogP contribution in [0.3, 0.4) is 0 Å². The predicted molar refractivity (Wildman–Crippen MR) is 119 cm³/mol. The third kappa shape index (κ3) is 4.67. The van der Waals surface area contributed by atoms with Crippen LogP contribution in [0.2, 0.25) is 5.02 Å². The molecule has 0 aliphatic heterocycles. The summed E-state index contributed by atoms with van der Waals surface area (Å²) in [6.45, 7) is 1.01. The molecule has 0 aliphatic rings. The third-order valence-electron chi connectivity index (χ3n) is 5.20. The van der Waals surface area contributed by atoms with E-state index in [-0.39, 0.29) is 30.2 Å². The molecule has 0 saturated heterocycles. The fraction of sp³-hybridized carbons (Fsp3) is 0.167. The molecule has 0 aliphatic carbocycles. The topological polar surface area (TPSA) is 75.9 Å². The molecular weight excluding hydrogens is 452 g/mol. The molecule has 170 valence electrons. The summed E-state index contributed by atoms with van der Waals surface area (Å²) < 4.78 is 35.1. The second-order valence-corrected chi connectivity index (χ2v) is 7.80. The maximum absolute atomic E-state index is 13.9. The van der Waals surface area contributed by atoms with Gasteiger partial charge in [0.2, 0.25) is 0 Å². The monoisotopic (exact) mass is 471 g/mol. The summed E-state index contributed by atoms with van der Waals surface area (Å²) in [5.41, 5.74) is 1.49. The summed E-state index contributed by atoms with van der Waals surface area (Å²) >= 11 is 5.91. The van der Waals surface area contributed by atoms with E-state index < -0.39 is 23.6 Å². The number of hydrogen-bond acceptors (Lipinski definition) is 4. The van der Waals surface area contributed by atoms with Crippen LogP contribution < -0.4 is 10.1 Å². The van der Waals surface area contributed by atoms with E-state index in [0.29, 0.717) is 21.9 Å². The molecule has 0 radical (unpaired) electrons. The van der Waals surface area contributed by atoms with Crippen molar-refractivity contribution in [1.82, 2.24) is 14.7 Å². The number of pyridine rings is 1. The van der Waals surface area contributed by atoms with Crippen LogP contribution in [0.15, 0.2) is 60.8 Å². The van der Waals surface area contributed by atoms with Gasteiger partial charge in [-0.05, 0) is 48.9 Å². The maximum atomic E-state index is 13.9. The molecule has 1 unspecified atom stereocenters. The first-order valence-electron chi connectivity index (χ1n) is 10.1. The lowest BCUT2D eigenvalue weighted by Gasteiger charge is -2.17. The van der Waals surface area contributed by atoms with Gasteiger partial charge in [0.25, 0.3) is 5.91 Å². The van der Waals surface area contributed by atoms with Gasteiger partial charge in [-0.15, -0.1) is 0 Å². The summed E-state index contributed by atoms with van der Waals surface area (Å²) in [6.07, 6.45) is 1.64. The minimum absolute atomic E-state index is 0.200. The number of aliphatic hydroxyl groups is 1. The molecule has 0 fully saturated rings. The Bertz CT molecular complexity index is 1290. The van der Waals surface area contributed by atoms with Gasteiger partial charge in [0.15, 0.2) is 11.4 Å². The van der Waals surface area contributed by atoms with Crippen molar-refractivity contribution in [3.63, 3.8) is 0 Å². The largest absolute Gasteiger partial charge is 0.485 e. The molecule has 4 aromatic rings. The summed E-state index contributed by atoms with van der Waals surface area (Å²) in [5.74, 6) is -1.61. The number of aromatic nitrogens is 2. The number of benzene rings is 2. The molecule has 2 N–H and O–H groups in total. The average molecular weight is 472 g/mol. The van der Waals surface area contributed by atoms with E-state index in [1.807, 2.05) is 0 Å². The maximum Gasteiger partial charge on any atom is 0.270 e. The number of carbonyl (C=O) groups excluding carboxylic acids is 1. The van der Waals surface area contributed by atoms with Crippen LogP contribution in [0.1, 0.15) is 33.4 Å². The zero-order valence-electron chi connectivity index (χ0n) is 17.6. The number of rotatable bonds is 7. The second-order valence-electron chi connectivity index (χ2n) is 7.36. The normalized spacial score (nSPS) is 12.0. The van der Waals surface area contributed by atoms with Crippen LogP contribution >= 0.6 is 11.6 Å². The Hall–Kier alpha value is -3.49. The highest BCUT2D eigenvalue weighted by atomic mass is 35.5. The van der Waals surface area contributed by atoms with E-state index in [2.05, 4.69) is 10.3 Å². The van der Waals surface area contributed by atoms with Gasteiger partial charge < -0.3 is 15.2 Å². The lowest BCUT2D eigenvalue weighted by molar-refractivity contribution is 0.0909. The number of fused-ring (bicyclic) bond motifs is 1. The number of amides is 1. The molecule has 2 aromatic heterocycles. The fourth-order valence-electron chi connectivity index (χ4n) is 3.52. The molecule has 33 heavy (non-hydrogen) atoms. The van der Waals surface area contributed by atoms with Crippen molar-refractivity contribution >= 4 is 23.2 Å². The van der Waals surface area contributed by atoms with Crippen molar-refractivity contribution in [2.24, 2.45) is 0 Å². The zero-order chi connectivity index (χ0) is 23.5. The molecule has 0 saturated carbocycles. The molecule has 4 rings (SSSR count). The standard InChI is InChI=1S/C24H20ClF2N3O3/c1-14-22(24(32)29-20(12-31)15-7-9-16(25)10-8-15)30-11-3-6-21(23(30)28-14)33-13-17-18(26)4-2-5-19(17)27/h2-11,20,31H,12-13H2,1H3,(H,29,32). The van der Waals surface area contributed by atoms with Crippen LogP contribution in [0.25, 0.3) is 5.65 Å². The van der Waals surface area contributed by atoms with Crippen LogP contribution in [0, 0.1) is 18.6 Å². The number of hydrogen-bond donors (Lipinski definition) is 2. The molecule has 0 bridgehead atoms. The Balaban J connectivity index is 1.60. The average Bonchev–Trinajstić information content (AvgIpc) is 3.14. The van der Waals surface area contributed by atoms with E-state index in [0.717, 1.165) is 12.1 Å². The Morgan fingerprint density at radius 2 is 1.85 bits per heavy atom. The summed E-state index contributed by atoms with van der Waals surface area (Å²) in [7, 11) is 0. The number of imidazole rings is 1. The van der Waals surface area contributed by atoms with Crippen LogP contribution in [-0.4, -0.2) is 27.0 Å². The minimum atomic E-state index is -0.709. The van der Waals surface area contributed by atoms with Crippen LogP contribution in [0.4, 0.5) is 8.78 Å². The van der Waals surface area contributed by atoms with Crippen molar-refractivity contribution in [1.29, 1.82) is 0 Å². The van der Waals surface area contributed by atoms with Gasteiger partial charge in [0.05, 0.1) is 23.9 Å². The quantitative estimate of drug-likeness (QED) is 0.412. The number of aryl methyl sites for hydroxylation is 1. The molecule has 9 heteroatoms. The first-order valence-corrected chi connectivity index (χ1v) is 10.5. The van der Waals surface area contributed by atoms with Gasteiger partial charge in [-0.25, -0.2) is 13.8 Å². The van der Waals surface area contributed by atoms with E-state index in [4.69, 9.17) is 16.3 Å². The lowest BCUT2D eigenvalue weighted by Crippen LogP contribution is -2.32. The lowest BCUT2D eigenvalue weighted by atomic mass is 10.1. The van der Waals surface area contributed by atoms with E-state index in [1.54, 1.807) is 49.5 Å². The molecule has 6 nitrogen and oxygen atoms in total. The van der Waals surface area contributed by atoms with Crippen LogP contribution in [-0.2, 0) is 6.61 Å². The van der Waals surface area contributed by atoms with Gasteiger partial charge >= 0.3 is 0 Å². The third-order valence-corrected chi connectivity index (χ3v) is 5.45. The highest BCUT2D eigenvalue weighted by Gasteiger charge is 2.22. The number of nitrogens with zero attached hydrogens (tertiary/aromatic N) is 2. The first kappa shape index (κ1) is 22.7. The zero-order valence-corrected chi connectivity index (χ0v) is 18.3. The second kappa shape index (κ2) is 9.56. The molecule has 0 spiro atoms. The summed E-state index contributed by atoms with van der Waals surface area (Å²) in [5, 5.41) is 13.1. The molecule has 1 atom stereocenters. The van der Waals surface area contributed by atoms with Gasteiger partial charge in [0.1, 0.15) is 23.9 Å². The summed E-state index contributed by atoms with van der Waals surface area (Å²) in [6, 6.07) is 13.0. The molecule has 1 amide bonds. The van der Waals surface area contributed by atoms with Crippen LogP contribution in [0.5, 0.6) is 5.75 Å². The van der Waals surface area contributed by atoms with E-state index >= 15 is 0 Å². The molecule has 2 aromatic carbocycles. The van der Waals surface area contributed by atoms with Crippen molar-refractivity contribution in [3.8, 4) is 5.75 Å². The Morgan fingerprint density at radius 3 is 2.52 bits per heavy atom. The van der Waals surface area contributed by atoms with Gasteiger partial charge in [-0.3, -0.25) is 9.20 Å². The number of ether oxygens (including phenoxy) is 1. The number of carbonyl (C=O) groups is 1. The SMILES string of the molecule is Cc1nc2c(OCc3c(F)cccc3F)cccn2c1C(=O)NC(CO)c1ccc(Cl)cc1. The van der Waals surface area contributed by atoms with E-state index in [1.165, 1.54) is 10.5 Å². The van der Waals surface area contributed by atoms with Gasteiger partial charge in [-0.2, -0.15) is 0 Å². The summed E-state index contributed by atoms with van der Waals surface area (Å²) in [4.78, 5) is 17.5. The van der Waals surface area contributed by atoms with Crippen molar-refractivity contribution < 1.29 is 23.4 Å². The predicted octanol–water partition coefficient (Wildman–Crippen LogP) is 4.62. The van der Waals surface area contributed by atoms with E-state index in [9.17, 15) is 18.7 Å². The smallest absolute Gasteiger partial charge is 0.270 e. The van der Waals surface area contributed by atoms with Crippen molar-refractivity contribution in [2.75, 3.05) is 6.61 Å². The number of aliphatic hydroxyl groups excluding tert-OH is 1. The highest BCUT2D eigenvalue weighted by Crippen LogP contribution is 2.25. The number of nitrogens with one attached hydrogen (secondary N) is 1. The highest BCUT2D eigenvalue weighted by molar-refractivity contribution is 6.30. The van der Waals surface area contributed by atoms with Crippen molar-refractivity contribution in [3.05, 3.63) is 100.0 Å². The van der Waals surface area contributed by atoms with Crippen molar-refractivity contribution in [2.45, 2.75) is 19.6 Å². The van der Waals surface area contributed by atoms with Gasteiger partial charge in [0, 0.05) is 11.2 Å². The Labute approximate surface area is 193 Å². The first-order chi connectivity index (χ1) is 15.9. The molecular formula is C24H20ClF2N3O3. The molecule has 2 heterocycles. The Kier molecular flexibility index (Phi) is 6.57.